The van der Waals surface area contributed by atoms with Crippen LogP contribution in [0.4, 0.5) is 5.69 Å². The number of likely N-dealkylation sites (N-methyl/N-ethyl adjacent to an activating group) is 1. The Labute approximate surface area is 221 Å². The van der Waals surface area contributed by atoms with Gasteiger partial charge in [-0.05, 0) is 38.3 Å². The highest BCUT2D eigenvalue weighted by molar-refractivity contribution is 8.02. The number of halogens is 1. The third kappa shape index (κ3) is 3.63. The van der Waals surface area contributed by atoms with Gasteiger partial charge in [0.05, 0.1) is 27.3 Å². The summed E-state index contributed by atoms with van der Waals surface area (Å²) in [5.41, 5.74) is 1.53. The molecule has 1 aromatic rings. The normalized spacial score (nSPS) is 33.5. The average Bonchev–Trinajstić information content (AvgIpc) is 3.10. The summed E-state index contributed by atoms with van der Waals surface area (Å²) in [6.45, 7) is 5.13. The number of aryl methyl sites for hydroxylation is 1. The van der Waals surface area contributed by atoms with Crippen molar-refractivity contribution in [2.75, 3.05) is 38.2 Å². The molecule has 9 heteroatoms. The number of nitrogens with zero attached hydrogens (tertiary/aromatic N) is 3. The van der Waals surface area contributed by atoms with Crippen LogP contribution in [-0.4, -0.2) is 81.5 Å². The minimum atomic E-state index is -0.880. The zero-order chi connectivity index (χ0) is 25.8. The van der Waals surface area contributed by atoms with Gasteiger partial charge in [0, 0.05) is 38.0 Å². The van der Waals surface area contributed by atoms with E-state index in [-0.39, 0.29) is 24.3 Å². The largest absolute Gasteiger partial charge is 0.396 e. The van der Waals surface area contributed by atoms with Crippen LogP contribution < -0.4 is 4.90 Å². The number of carbonyl (C=O) groups is 3. The number of fused-ring (bicyclic) bond motifs is 2. The number of benzene rings is 1. The van der Waals surface area contributed by atoms with E-state index < -0.39 is 27.4 Å². The average molecular weight is 530 g/mol. The number of amides is 3. The van der Waals surface area contributed by atoms with Gasteiger partial charge in [-0.25, -0.2) is 0 Å². The molecule has 4 aliphatic rings. The van der Waals surface area contributed by atoms with E-state index in [4.69, 9.17) is 11.6 Å². The lowest BCUT2D eigenvalue weighted by Crippen LogP contribution is -2.53. The summed E-state index contributed by atoms with van der Waals surface area (Å²) in [7, 11) is 1.76. The molecule has 2 saturated heterocycles. The maximum atomic E-state index is 14.4. The second-order valence-corrected chi connectivity index (χ2v) is 12.5. The molecule has 1 spiro atoms. The summed E-state index contributed by atoms with van der Waals surface area (Å²) in [6, 6.07) is 4.77. The third-order valence-electron chi connectivity index (χ3n) is 8.02. The number of thioether (sulfide) groups is 1. The van der Waals surface area contributed by atoms with Gasteiger partial charge in [0.2, 0.25) is 11.8 Å². The fraction of sp³-hybridized carbons (Fsp3) is 0.519. The van der Waals surface area contributed by atoms with Gasteiger partial charge in [-0.3, -0.25) is 14.4 Å². The molecule has 0 radical (unpaired) electrons. The number of hydrogen-bond donors (Lipinski definition) is 1. The van der Waals surface area contributed by atoms with Crippen molar-refractivity contribution in [3.63, 3.8) is 0 Å². The molecule has 0 aromatic heterocycles. The van der Waals surface area contributed by atoms with E-state index in [1.165, 1.54) is 0 Å². The monoisotopic (exact) mass is 529 g/mol. The summed E-state index contributed by atoms with van der Waals surface area (Å²) >= 11 is 8.16. The van der Waals surface area contributed by atoms with Gasteiger partial charge in [-0.1, -0.05) is 48.0 Å². The number of rotatable bonds is 5. The predicted octanol–water partition coefficient (Wildman–Crippen LogP) is 3.04. The quantitative estimate of drug-likeness (QED) is 0.468. The lowest BCUT2D eigenvalue weighted by molar-refractivity contribution is -0.143. The minimum Gasteiger partial charge on any atom is -0.396 e. The molecule has 1 aromatic carbocycles. The van der Waals surface area contributed by atoms with Crippen molar-refractivity contribution < 1.29 is 19.5 Å². The first kappa shape index (κ1) is 25.4. The molecule has 1 unspecified atom stereocenters. The van der Waals surface area contributed by atoms with Crippen molar-refractivity contribution in [2.45, 2.75) is 42.2 Å². The molecule has 5 rings (SSSR count). The number of hydrogen-bond acceptors (Lipinski definition) is 5. The first-order valence-electron chi connectivity index (χ1n) is 12.4. The first-order chi connectivity index (χ1) is 17.2. The van der Waals surface area contributed by atoms with Gasteiger partial charge in [-0.15, -0.1) is 11.8 Å². The van der Waals surface area contributed by atoms with Crippen LogP contribution in [0.25, 0.3) is 0 Å². The topological polar surface area (TPSA) is 81.2 Å². The molecular formula is C27H32ClN3O4S. The Balaban J connectivity index is 1.65. The second-order valence-electron chi connectivity index (χ2n) is 10.3. The van der Waals surface area contributed by atoms with Crippen LogP contribution in [0.1, 0.15) is 25.3 Å². The number of likely N-dealkylation sites (tertiary alicyclic amines) is 1. The fourth-order valence-corrected chi connectivity index (χ4v) is 8.92. The molecule has 5 atom stereocenters. The van der Waals surface area contributed by atoms with Crippen molar-refractivity contribution in [1.82, 2.24) is 9.80 Å². The van der Waals surface area contributed by atoms with Crippen molar-refractivity contribution in [3.8, 4) is 0 Å². The Hall–Kier alpha value is -2.29. The lowest BCUT2D eigenvalue weighted by atomic mass is 9.74. The van der Waals surface area contributed by atoms with Crippen LogP contribution in [0.3, 0.4) is 0 Å². The highest BCUT2D eigenvalue weighted by Crippen LogP contribution is 2.65. The smallest absolute Gasteiger partial charge is 0.251 e. The Bertz CT molecular complexity index is 1150. The van der Waals surface area contributed by atoms with E-state index in [1.807, 2.05) is 44.2 Å². The number of unbranched alkanes of at least 4 members (excludes halogenated alkanes) is 1. The molecule has 7 nitrogen and oxygen atoms in total. The maximum Gasteiger partial charge on any atom is 0.251 e. The zero-order valence-electron chi connectivity index (χ0n) is 20.8. The van der Waals surface area contributed by atoms with Gasteiger partial charge in [-0.2, -0.15) is 0 Å². The van der Waals surface area contributed by atoms with E-state index in [2.05, 4.69) is 6.08 Å². The molecule has 0 saturated carbocycles. The van der Waals surface area contributed by atoms with Gasteiger partial charge in [0.15, 0.2) is 0 Å². The molecular weight excluding hydrogens is 498 g/mol. The number of aliphatic hydroxyl groups excluding tert-OH is 1. The minimum absolute atomic E-state index is 0.0174. The molecule has 2 fully saturated rings. The Morgan fingerprint density at radius 3 is 2.53 bits per heavy atom. The number of anilines is 1. The number of aliphatic hydroxyl groups is 1. The molecule has 1 N–H and O–H groups in total. The highest BCUT2D eigenvalue weighted by atomic mass is 35.5. The van der Waals surface area contributed by atoms with Crippen LogP contribution in [0.5, 0.6) is 0 Å². The molecule has 192 valence electrons. The fourth-order valence-electron chi connectivity index (χ4n) is 6.44. The molecule has 3 amide bonds. The van der Waals surface area contributed by atoms with E-state index in [0.29, 0.717) is 43.2 Å². The predicted molar refractivity (Wildman–Crippen MR) is 142 cm³/mol. The van der Waals surface area contributed by atoms with E-state index in [9.17, 15) is 19.5 Å². The Morgan fingerprint density at radius 1 is 1.06 bits per heavy atom. The molecule has 36 heavy (non-hydrogen) atoms. The molecule has 4 heterocycles. The Morgan fingerprint density at radius 2 is 1.81 bits per heavy atom. The van der Waals surface area contributed by atoms with Crippen molar-refractivity contribution in [1.29, 1.82) is 0 Å². The Kier molecular flexibility index (Phi) is 6.50. The second kappa shape index (κ2) is 9.23. The van der Waals surface area contributed by atoms with Gasteiger partial charge < -0.3 is 19.8 Å². The van der Waals surface area contributed by atoms with E-state index in [1.54, 1.807) is 39.6 Å². The molecule has 0 bridgehead atoms. The van der Waals surface area contributed by atoms with E-state index in [0.717, 1.165) is 5.56 Å². The van der Waals surface area contributed by atoms with Gasteiger partial charge >= 0.3 is 0 Å². The number of para-hydroxylation sites is 1. The standard InChI is InChI=1S/C27H32ClN3O4S/c1-17-9-6-10-18(28)21(17)30-15-8-12-27-20(19-23(33)29(3)13-7-11-26(19,2)36-27)24(34)31(14-4-5-16-32)22(27)25(30)35/h6-12,19-20,22,32H,4-5,13-16H2,1-3H3/t19-,20+,22?,26+,27+/m1/s1. The van der Waals surface area contributed by atoms with Crippen LogP contribution in [0, 0.1) is 18.8 Å². The summed E-state index contributed by atoms with van der Waals surface area (Å²) < 4.78 is -1.49. The first-order valence-corrected chi connectivity index (χ1v) is 13.6. The number of carbonyl (C=O) groups excluding carboxylic acids is 3. The summed E-state index contributed by atoms with van der Waals surface area (Å²) in [6.07, 6.45) is 9.12. The zero-order valence-corrected chi connectivity index (χ0v) is 22.4. The van der Waals surface area contributed by atoms with Crippen LogP contribution >= 0.6 is 23.4 Å². The van der Waals surface area contributed by atoms with E-state index >= 15 is 0 Å². The van der Waals surface area contributed by atoms with Gasteiger partial charge in [0.25, 0.3) is 5.91 Å². The third-order valence-corrected chi connectivity index (χ3v) is 10.1. The summed E-state index contributed by atoms with van der Waals surface area (Å²) in [4.78, 5) is 47.3. The SMILES string of the molecule is Cc1cccc(Cl)c1N1CC=C[C@]23S[C@@]4(C)C=CCN(C)C(=O)[C@H]4[C@H]2C(=O)N(CCCCO)C3C1=O. The van der Waals surface area contributed by atoms with Crippen LogP contribution in [-0.2, 0) is 14.4 Å². The highest BCUT2D eigenvalue weighted by Gasteiger charge is 2.73. The molecule has 4 aliphatic heterocycles. The summed E-state index contributed by atoms with van der Waals surface area (Å²) in [5, 5.41) is 9.85. The van der Waals surface area contributed by atoms with Crippen LogP contribution in [0.15, 0.2) is 42.5 Å². The van der Waals surface area contributed by atoms with Gasteiger partial charge in [0.1, 0.15) is 6.04 Å². The molecule has 0 aliphatic carbocycles. The van der Waals surface area contributed by atoms with Crippen molar-refractivity contribution in [3.05, 3.63) is 53.1 Å². The maximum absolute atomic E-state index is 14.4. The van der Waals surface area contributed by atoms with Crippen LogP contribution in [0.2, 0.25) is 5.02 Å². The van der Waals surface area contributed by atoms with Crippen molar-refractivity contribution >= 4 is 46.8 Å². The lowest BCUT2D eigenvalue weighted by Gasteiger charge is -2.37. The van der Waals surface area contributed by atoms with Crippen molar-refractivity contribution in [2.24, 2.45) is 11.8 Å². The summed E-state index contributed by atoms with van der Waals surface area (Å²) in [5.74, 6) is -1.64.